The van der Waals surface area contributed by atoms with E-state index in [4.69, 9.17) is 5.11 Å². The molecule has 0 unspecified atom stereocenters. The number of hydrogen-bond acceptors (Lipinski definition) is 4. The summed E-state index contributed by atoms with van der Waals surface area (Å²) in [6, 6.07) is 0. The van der Waals surface area contributed by atoms with Gasteiger partial charge in [-0.2, -0.15) is 0 Å². The van der Waals surface area contributed by atoms with Gasteiger partial charge >= 0.3 is 5.97 Å². The van der Waals surface area contributed by atoms with E-state index in [9.17, 15) is 4.79 Å². The Morgan fingerprint density at radius 3 is 2.29 bits per heavy atom. The maximum absolute atomic E-state index is 9.71. The molecule has 0 rings (SSSR count). The first-order valence-corrected chi connectivity index (χ1v) is 1.49. The minimum absolute atomic E-state index is 0. The van der Waals surface area contributed by atoms with Crippen LogP contribution >= 0.6 is 0 Å². The van der Waals surface area contributed by atoms with E-state index in [-0.39, 0.29) is 6.15 Å². The molecule has 0 aliphatic heterocycles. The molecule has 0 radical (unpaired) electrons. The van der Waals surface area contributed by atoms with Crippen LogP contribution in [0.5, 0.6) is 0 Å². The predicted molar refractivity (Wildman–Crippen MR) is 24.1 cm³/mol. The van der Waals surface area contributed by atoms with Gasteiger partial charge in [0.25, 0.3) is 0 Å². The first-order chi connectivity index (χ1) is 2.81. The van der Waals surface area contributed by atoms with Crippen LogP contribution in [0.15, 0.2) is 0 Å². The Balaban J connectivity index is 0. The Bertz CT molecular complexity index is 48.1. The quantitative estimate of drug-likeness (QED) is 0.435. The van der Waals surface area contributed by atoms with Crippen molar-refractivity contribution in [3.05, 3.63) is 0 Å². The molecular weight excluding hydrogens is 98.0 g/mol. The van der Waals surface area contributed by atoms with Gasteiger partial charge in [-0.25, -0.2) is 4.79 Å². The second-order valence-electron chi connectivity index (χ2n) is 0.734. The SMILES string of the molecule is COC(=O)CO.N. The highest BCUT2D eigenvalue weighted by Crippen LogP contribution is 1.63. The van der Waals surface area contributed by atoms with E-state index in [0.29, 0.717) is 0 Å². The van der Waals surface area contributed by atoms with Crippen molar-refractivity contribution in [2.45, 2.75) is 0 Å². The number of hydrogen-bond donors (Lipinski definition) is 2. The molecule has 4 nitrogen and oxygen atoms in total. The van der Waals surface area contributed by atoms with E-state index in [1.807, 2.05) is 0 Å². The van der Waals surface area contributed by atoms with Crippen LogP contribution in [0.25, 0.3) is 0 Å². The summed E-state index contributed by atoms with van der Waals surface area (Å²) in [6.45, 7) is -0.531. The van der Waals surface area contributed by atoms with E-state index in [2.05, 4.69) is 4.74 Å². The highest BCUT2D eigenvalue weighted by atomic mass is 16.5. The van der Waals surface area contributed by atoms with E-state index < -0.39 is 12.6 Å². The third-order valence-electron chi connectivity index (χ3n) is 0.357. The van der Waals surface area contributed by atoms with E-state index >= 15 is 0 Å². The fraction of sp³-hybridized carbons (Fsp3) is 0.667. The summed E-state index contributed by atoms with van der Waals surface area (Å²) in [5.41, 5.74) is 0. The van der Waals surface area contributed by atoms with E-state index in [1.165, 1.54) is 7.11 Å². The number of carbonyl (C=O) groups is 1. The molecule has 0 saturated carbocycles. The van der Waals surface area contributed by atoms with Gasteiger partial charge in [0.05, 0.1) is 7.11 Å². The number of aliphatic hydroxyl groups is 1. The van der Waals surface area contributed by atoms with Crippen LogP contribution in [0.3, 0.4) is 0 Å². The summed E-state index contributed by atoms with van der Waals surface area (Å²) in [4.78, 5) is 9.71. The molecule has 44 valence electrons. The summed E-state index contributed by atoms with van der Waals surface area (Å²) < 4.78 is 4.01. The minimum Gasteiger partial charge on any atom is -0.467 e. The second kappa shape index (κ2) is 5.39. The average Bonchev–Trinajstić information content (AvgIpc) is 1.65. The number of ether oxygens (including phenoxy) is 1. The summed E-state index contributed by atoms with van der Waals surface area (Å²) in [5.74, 6) is -0.602. The molecule has 0 aromatic heterocycles. The molecule has 0 saturated heterocycles. The lowest BCUT2D eigenvalue weighted by atomic mass is 10.8. The Morgan fingerprint density at radius 1 is 1.86 bits per heavy atom. The number of carbonyl (C=O) groups excluding carboxylic acids is 1. The molecule has 7 heavy (non-hydrogen) atoms. The number of esters is 1. The van der Waals surface area contributed by atoms with Crippen LogP contribution in [-0.4, -0.2) is 24.8 Å². The zero-order valence-corrected chi connectivity index (χ0v) is 4.18. The molecule has 4 N–H and O–H groups in total. The van der Waals surface area contributed by atoms with Gasteiger partial charge in [-0.05, 0) is 0 Å². The lowest BCUT2D eigenvalue weighted by Crippen LogP contribution is -2.04. The highest BCUT2D eigenvalue weighted by molar-refractivity contribution is 5.70. The van der Waals surface area contributed by atoms with Gasteiger partial charge in [0, 0.05) is 0 Å². The Labute approximate surface area is 41.7 Å². The first-order valence-electron chi connectivity index (χ1n) is 1.49. The van der Waals surface area contributed by atoms with Crippen molar-refractivity contribution in [2.75, 3.05) is 13.7 Å². The lowest BCUT2D eigenvalue weighted by Gasteiger charge is -1.86. The molecule has 0 aliphatic carbocycles. The monoisotopic (exact) mass is 107 g/mol. The normalized spacial score (nSPS) is 6.57. The summed E-state index contributed by atoms with van der Waals surface area (Å²) >= 11 is 0. The number of aliphatic hydroxyl groups excluding tert-OH is 1. The third-order valence-corrected chi connectivity index (χ3v) is 0.357. The number of rotatable bonds is 1. The maximum Gasteiger partial charge on any atom is 0.331 e. The van der Waals surface area contributed by atoms with Crippen LogP contribution in [-0.2, 0) is 9.53 Å². The van der Waals surface area contributed by atoms with Crippen LogP contribution in [0.2, 0.25) is 0 Å². The molecule has 0 fully saturated rings. The molecule has 0 aromatic carbocycles. The van der Waals surface area contributed by atoms with Gasteiger partial charge in [-0.15, -0.1) is 0 Å². The van der Waals surface area contributed by atoms with Crippen molar-refractivity contribution >= 4 is 5.97 Å². The van der Waals surface area contributed by atoms with E-state index in [0.717, 1.165) is 0 Å². The van der Waals surface area contributed by atoms with Crippen LogP contribution < -0.4 is 6.15 Å². The van der Waals surface area contributed by atoms with Crippen molar-refractivity contribution in [2.24, 2.45) is 0 Å². The summed E-state index contributed by atoms with van der Waals surface area (Å²) in [7, 11) is 1.22. The zero-order valence-electron chi connectivity index (χ0n) is 4.18. The van der Waals surface area contributed by atoms with Crippen molar-refractivity contribution in [3.63, 3.8) is 0 Å². The zero-order chi connectivity index (χ0) is 4.99. The van der Waals surface area contributed by atoms with Crippen molar-refractivity contribution in [1.82, 2.24) is 6.15 Å². The molecule has 0 aromatic rings. The smallest absolute Gasteiger partial charge is 0.331 e. The second-order valence-corrected chi connectivity index (χ2v) is 0.734. The minimum atomic E-state index is -0.602. The molecule has 0 heterocycles. The van der Waals surface area contributed by atoms with Crippen LogP contribution in [0.1, 0.15) is 0 Å². The molecular formula is C3H9NO3. The Morgan fingerprint density at radius 2 is 2.29 bits per heavy atom. The van der Waals surface area contributed by atoms with Crippen molar-refractivity contribution in [3.8, 4) is 0 Å². The van der Waals surface area contributed by atoms with Gasteiger partial charge in [-0.1, -0.05) is 0 Å². The van der Waals surface area contributed by atoms with Gasteiger partial charge in [0.15, 0.2) is 0 Å². The first kappa shape index (κ1) is 9.63. The highest BCUT2D eigenvalue weighted by Gasteiger charge is 1.89. The van der Waals surface area contributed by atoms with Gasteiger partial charge < -0.3 is 16.0 Å². The van der Waals surface area contributed by atoms with Crippen LogP contribution in [0.4, 0.5) is 0 Å². The molecule has 0 amide bonds. The molecule has 0 aliphatic rings. The van der Waals surface area contributed by atoms with Gasteiger partial charge in [-0.3, -0.25) is 0 Å². The summed E-state index contributed by atoms with van der Waals surface area (Å²) in [6.07, 6.45) is 0. The largest absolute Gasteiger partial charge is 0.467 e. The standard InChI is InChI=1S/C3H6O3.H3N/c1-6-3(5)2-4;/h4H,2H2,1H3;1H3. The fourth-order valence-electron chi connectivity index (χ4n) is 0.0645. The van der Waals surface area contributed by atoms with Gasteiger partial charge in [0.2, 0.25) is 0 Å². The Hall–Kier alpha value is -0.610. The summed E-state index contributed by atoms with van der Waals surface area (Å²) in [5, 5.41) is 7.86. The molecule has 0 bridgehead atoms. The lowest BCUT2D eigenvalue weighted by molar-refractivity contribution is -0.143. The fourth-order valence-corrected chi connectivity index (χ4v) is 0.0645. The molecule has 0 atom stereocenters. The van der Waals surface area contributed by atoms with Crippen LogP contribution in [0, 0.1) is 0 Å². The average molecular weight is 107 g/mol. The van der Waals surface area contributed by atoms with Crippen molar-refractivity contribution < 1.29 is 14.6 Å². The van der Waals surface area contributed by atoms with E-state index in [1.54, 1.807) is 0 Å². The molecule has 4 heteroatoms. The van der Waals surface area contributed by atoms with Crippen molar-refractivity contribution in [1.29, 1.82) is 0 Å². The van der Waals surface area contributed by atoms with Gasteiger partial charge in [0.1, 0.15) is 6.61 Å². The Kier molecular flexibility index (Phi) is 7.42. The topological polar surface area (TPSA) is 81.5 Å². The molecule has 0 spiro atoms. The number of methoxy groups -OCH3 is 1. The maximum atomic E-state index is 9.71. The third kappa shape index (κ3) is 5.39. The predicted octanol–water partition coefficient (Wildman–Crippen LogP) is -0.686.